The van der Waals surface area contributed by atoms with Gasteiger partial charge in [0.1, 0.15) is 0 Å². The van der Waals surface area contributed by atoms with E-state index >= 15 is 0 Å². The molecule has 1 aromatic heterocycles. The van der Waals surface area contributed by atoms with Crippen molar-refractivity contribution in [2.45, 2.75) is 32.7 Å². The van der Waals surface area contributed by atoms with Crippen molar-refractivity contribution in [3.8, 4) is 0 Å². The van der Waals surface area contributed by atoms with Crippen molar-refractivity contribution in [3.63, 3.8) is 0 Å². The van der Waals surface area contributed by atoms with Crippen LogP contribution in [0.25, 0.3) is 0 Å². The summed E-state index contributed by atoms with van der Waals surface area (Å²) in [6.45, 7) is 10.5. The number of piperazine rings is 1. The highest BCUT2D eigenvalue weighted by Crippen LogP contribution is 2.10. The molecular weight excluding hydrogens is 266 g/mol. The molecule has 21 heavy (non-hydrogen) atoms. The number of anilines is 1. The fourth-order valence-corrected chi connectivity index (χ4v) is 2.37. The molecule has 1 fully saturated rings. The third-order valence-electron chi connectivity index (χ3n) is 3.38. The average molecular weight is 291 g/mol. The van der Waals surface area contributed by atoms with Crippen LogP contribution in [0.5, 0.6) is 0 Å². The number of carbonyl (C=O) groups is 1. The summed E-state index contributed by atoms with van der Waals surface area (Å²) in [6, 6.07) is 1.83. The fraction of sp³-hybridized carbons (Fsp3) is 0.667. The molecule has 0 aliphatic carbocycles. The minimum absolute atomic E-state index is 0.122. The van der Waals surface area contributed by atoms with Crippen LogP contribution in [-0.4, -0.2) is 59.0 Å². The maximum atomic E-state index is 11.8. The van der Waals surface area contributed by atoms with Gasteiger partial charge >= 0.3 is 0 Å². The van der Waals surface area contributed by atoms with Crippen molar-refractivity contribution in [1.29, 1.82) is 0 Å². The van der Waals surface area contributed by atoms with Crippen molar-refractivity contribution in [1.82, 2.24) is 20.2 Å². The van der Waals surface area contributed by atoms with E-state index in [0.717, 1.165) is 38.7 Å². The lowest BCUT2D eigenvalue weighted by Gasteiger charge is -2.34. The normalized spacial score (nSPS) is 16.8. The average Bonchev–Trinajstić information content (AvgIpc) is 2.45. The highest BCUT2D eigenvalue weighted by atomic mass is 16.1. The van der Waals surface area contributed by atoms with Gasteiger partial charge in [0, 0.05) is 57.1 Å². The lowest BCUT2D eigenvalue weighted by molar-refractivity contribution is -0.122. The zero-order valence-electron chi connectivity index (χ0n) is 13.2. The van der Waals surface area contributed by atoms with Crippen LogP contribution in [0.4, 0.5) is 5.95 Å². The topological polar surface area (TPSA) is 61.4 Å². The van der Waals surface area contributed by atoms with Crippen molar-refractivity contribution in [2.24, 2.45) is 0 Å². The van der Waals surface area contributed by atoms with Gasteiger partial charge < -0.3 is 10.2 Å². The van der Waals surface area contributed by atoms with Gasteiger partial charge in [-0.25, -0.2) is 9.97 Å². The summed E-state index contributed by atoms with van der Waals surface area (Å²) in [7, 11) is 0. The summed E-state index contributed by atoms with van der Waals surface area (Å²) in [5.41, 5.74) is -0.152. The van der Waals surface area contributed by atoms with E-state index in [4.69, 9.17) is 0 Å². The molecule has 2 rings (SSSR count). The number of hydrogen-bond acceptors (Lipinski definition) is 5. The molecule has 0 atom stereocenters. The van der Waals surface area contributed by atoms with E-state index < -0.39 is 0 Å². The van der Waals surface area contributed by atoms with E-state index in [0.29, 0.717) is 6.42 Å². The molecule has 0 bridgehead atoms. The number of nitrogens with zero attached hydrogens (tertiary/aromatic N) is 4. The predicted molar refractivity (Wildman–Crippen MR) is 83.2 cm³/mol. The van der Waals surface area contributed by atoms with Gasteiger partial charge in [-0.2, -0.15) is 0 Å². The monoisotopic (exact) mass is 291 g/mol. The van der Waals surface area contributed by atoms with Crippen molar-refractivity contribution >= 4 is 11.9 Å². The summed E-state index contributed by atoms with van der Waals surface area (Å²) in [5, 5.41) is 3.00. The summed E-state index contributed by atoms with van der Waals surface area (Å²) in [6.07, 6.45) is 4.09. The Morgan fingerprint density at radius 3 is 2.38 bits per heavy atom. The Morgan fingerprint density at radius 1 is 1.19 bits per heavy atom. The smallest absolute Gasteiger partial charge is 0.225 e. The van der Waals surface area contributed by atoms with Crippen LogP contribution in [-0.2, 0) is 4.79 Å². The summed E-state index contributed by atoms with van der Waals surface area (Å²) < 4.78 is 0. The highest BCUT2D eigenvalue weighted by molar-refractivity contribution is 5.76. The SMILES string of the molecule is CC(C)(C)NC(=O)CCN1CCN(c2ncccn2)CC1. The van der Waals surface area contributed by atoms with Gasteiger partial charge in [0.05, 0.1) is 0 Å². The predicted octanol–water partition coefficient (Wildman–Crippen LogP) is 0.903. The lowest BCUT2D eigenvalue weighted by Crippen LogP contribution is -2.48. The third-order valence-corrected chi connectivity index (χ3v) is 3.38. The molecule has 1 N–H and O–H groups in total. The number of amides is 1. The Balaban J connectivity index is 1.71. The molecule has 1 aromatic rings. The number of nitrogens with one attached hydrogen (secondary N) is 1. The number of aromatic nitrogens is 2. The van der Waals surface area contributed by atoms with Crippen LogP contribution in [0.2, 0.25) is 0 Å². The highest BCUT2D eigenvalue weighted by Gasteiger charge is 2.20. The molecule has 1 amide bonds. The molecule has 0 unspecified atom stereocenters. The molecule has 6 heteroatoms. The van der Waals surface area contributed by atoms with Gasteiger partial charge in [0.25, 0.3) is 0 Å². The molecule has 1 aliphatic heterocycles. The maximum absolute atomic E-state index is 11.8. The standard InChI is InChI=1S/C15H25N5O/c1-15(2,3)18-13(21)5-8-19-9-11-20(12-10-19)14-16-6-4-7-17-14/h4,6-7H,5,8-12H2,1-3H3,(H,18,21). The second-order valence-corrected chi connectivity index (χ2v) is 6.43. The van der Waals surface area contributed by atoms with Crippen LogP contribution in [0, 0.1) is 0 Å². The minimum Gasteiger partial charge on any atom is -0.351 e. The van der Waals surface area contributed by atoms with Gasteiger partial charge in [0.2, 0.25) is 11.9 Å². The molecule has 6 nitrogen and oxygen atoms in total. The van der Waals surface area contributed by atoms with Crippen LogP contribution in [0.15, 0.2) is 18.5 Å². The lowest BCUT2D eigenvalue weighted by atomic mass is 10.1. The molecule has 116 valence electrons. The zero-order chi connectivity index (χ0) is 15.3. The first-order valence-corrected chi connectivity index (χ1v) is 7.49. The molecule has 0 radical (unpaired) electrons. The molecule has 1 aliphatic rings. The molecule has 1 saturated heterocycles. The summed E-state index contributed by atoms with van der Waals surface area (Å²) >= 11 is 0. The van der Waals surface area contributed by atoms with E-state index in [9.17, 15) is 4.79 Å². The Bertz CT molecular complexity index is 449. The number of carbonyl (C=O) groups excluding carboxylic acids is 1. The number of rotatable bonds is 4. The Labute approximate surface area is 126 Å². The molecule has 0 aromatic carbocycles. The summed E-state index contributed by atoms with van der Waals surface area (Å²) in [4.78, 5) is 24.9. The fourth-order valence-electron chi connectivity index (χ4n) is 2.37. The quantitative estimate of drug-likeness (QED) is 0.893. The largest absolute Gasteiger partial charge is 0.351 e. The van der Waals surface area contributed by atoms with Crippen molar-refractivity contribution in [3.05, 3.63) is 18.5 Å². The van der Waals surface area contributed by atoms with E-state index in [1.165, 1.54) is 0 Å². The molecule has 0 saturated carbocycles. The first kappa shape index (κ1) is 15.7. The van der Waals surface area contributed by atoms with Crippen LogP contribution >= 0.6 is 0 Å². The third kappa shape index (κ3) is 5.30. The molecule has 0 spiro atoms. The van der Waals surface area contributed by atoms with Gasteiger partial charge in [-0.15, -0.1) is 0 Å². The Morgan fingerprint density at radius 2 is 1.81 bits per heavy atom. The first-order chi connectivity index (χ1) is 9.94. The first-order valence-electron chi connectivity index (χ1n) is 7.49. The van der Waals surface area contributed by atoms with Crippen molar-refractivity contribution in [2.75, 3.05) is 37.6 Å². The van der Waals surface area contributed by atoms with E-state index in [2.05, 4.69) is 25.1 Å². The van der Waals surface area contributed by atoms with Gasteiger partial charge in [0.15, 0.2) is 0 Å². The van der Waals surface area contributed by atoms with Crippen molar-refractivity contribution < 1.29 is 4.79 Å². The van der Waals surface area contributed by atoms with Gasteiger partial charge in [-0.1, -0.05) is 0 Å². The second-order valence-electron chi connectivity index (χ2n) is 6.43. The summed E-state index contributed by atoms with van der Waals surface area (Å²) in [5.74, 6) is 0.916. The van der Waals surface area contributed by atoms with E-state index in [-0.39, 0.29) is 11.4 Å². The number of hydrogen-bond donors (Lipinski definition) is 1. The zero-order valence-corrected chi connectivity index (χ0v) is 13.2. The Hall–Kier alpha value is -1.69. The van der Waals surface area contributed by atoms with Crippen LogP contribution in [0.1, 0.15) is 27.2 Å². The second kappa shape index (κ2) is 6.85. The molecule has 2 heterocycles. The van der Waals surface area contributed by atoms with Crippen LogP contribution in [0.3, 0.4) is 0 Å². The van der Waals surface area contributed by atoms with Gasteiger partial charge in [-0.05, 0) is 26.8 Å². The van der Waals surface area contributed by atoms with E-state index in [1.807, 2.05) is 26.8 Å². The van der Waals surface area contributed by atoms with Gasteiger partial charge in [-0.3, -0.25) is 9.69 Å². The van der Waals surface area contributed by atoms with Crippen LogP contribution < -0.4 is 10.2 Å². The molecular formula is C15H25N5O. The maximum Gasteiger partial charge on any atom is 0.225 e. The Kier molecular flexibility index (Phi) is 5.12. The minimum atomic E-state index is -0.152. The van der Waals surface area contributed by atoms with E-state index in [1.54, 1.807) is 12.4 Å².